The molecule has 1 saturated heterocycles. The molecule has 1 unspecified atom stereocenters. The smallest absolute Gasteiger partial charge is 0.216 e. The molecule has 0 amide bonds. The highest BCUT2D eigenvalue weighted by Gasteiger charge is 2.40. The van der Waals surface area contributed by atoms with Gasteiger partial charge in [0.25, 0.3) is 0 Å². The number of hydrogen-bond acceptors (Lipinski definition) is 4. The molecule has 1 heterocycles. The van der Waals surface area contributed by atoms with Crippen LogP contribution in [0.25, 0.3) is 0 Å². The molecular formula is C13H19NO4S2. The van der Waals surface area contributed by atoms with Crippen molar-refractivity contribution in [2.45, 2.75) is 31.6 Å². The van der Waals surface area contributed by atoms with E-state index in [4.69, 9.17) is 0 Å². The first-order chi connectivity index (χ1) is 9.09. The predicted octanol–water partition coefficient (Wildman–Crippen LogP) is 0.992. The molecule has 0 aromatic heterocycles. The van der Waals surface area contributed by atoms with E-state index in [-0.39, 0.29) is 17.3 Å². The molecule has 0 bridgehead atoms. The Hall–Kier alpha value is -0.920. The van der Waals surface area contributed by atoms with Crippen LogP contribution in [0.5, 0.6) is 0 Å². The molecule has 0 aliphatic carbocycles. The average molecular weight is 317 g/mol. The van der Waals surface area contributed by atoms with Crippen LogP contribution in [-0.2, 0) is 25.6 Å². The van der Waals surface area contributed by atoms with Crippen LogP contribution >= 0.6 is 0 Å². The lowest BCUT2D eigenvalue weighted by molar-refractivity contribution is 0.461. The van der Waals surface area contributed by atoms with E-state index in [1.807, 2.05) is 25.1 Å². The molecule has 1 aliphatic rings. The first-order valence-electron chi connectivity index (χ1n) is 6.37. The molecule has 1 aromatic carbocycles. The Bertz CT molecular complexity index is 710. The van der Waals surface area contributed by atoms with Gasteiger partial charge in [-0.25, -0.2) is 21.6 Å². The summed E-state index contributed by atoms with van der Waals surface area (Å²) in [6, 6.07) is 7.27. The number of sulfone groups is 1. The third kappa shape index (κ3) is 4.04. The van der Waals surface area contributed by atoms with Gasteiger partial charge in [-0.3, -0.25) is 0 Å². The van der Waals surface area contributed by atoms with E-state index in [9.17, 15) is 16.8 Å². The van der Waals surface area contributed by atoms with Crippen LogP contribution < -0.4 is 4.72 Å². The summed E-state index contributed by atoms with van der Waals surface area (Å²) in [4.78, 5) is 0. The molecule has 1 N–H and O–H groups in total. The van der Waals surface area contributed by atoms with Crippen LogP contribution in [0.3, 0.4) is 0 Å². The van der Waals surface area contributed by atoms with E-state index in [1.54, 1.807) is 13.0 Å². The van der Waals surface area contributed by atoms with Gasteiger partial charge in [0, 0.05) is 5.54 Å². The third-order valence-electron chi connectivity index (χ3n) is 3.34. The fourth-order valence-electron chi connectivity index (χ4n) is 2.52. The molecule has 2 rings (SSSR count). The molecule has 112 valence electrons. The zero-order valence-electron chi connectivity index (χ0n) is 11.6. The van der Waals surface area contributed by atoms with E-state index < -0.39 is 25.4 Å². The van der Waals surface area contributed by atoms with Crippen molar-refractivity contribution in [2.75, 3.05) is 11.5 Å². The van der Waals surface area contributed by atoms with Crippen LogP contribution in [0.15, 0.2) is 24.3 Å². The molecule has 1 fully saturated rings. The number of aryl methyl sites for hydroxylation is 1. The van der Waals surface area contributed by atoms with E-state index >= 15 is 0 Å². The molecule has 0 spiro atoms. The molecule has 5 nitrogen and oxygen atoms in total. The normalized spacial score (nSPS) is 25.7. The highest BCUT2D eigenvalue weighted by atomic mass is 32.2. The van der Waals surface area contributed by atoms with E-state index in [0.717, 1.165) is 5.56 Å². The fourth-order valence-corrected chi connectivity index (χ4v) is 6.32. The van der Waals surface area contributed by atoms with Gasteiger partial charge in [0.2, 0.25) is 10.0 Å². The van der Waals surface area contributed by atoms with Gasteiger partial charge in [0.15, 0.2) is 9.84 Å². The Morgan fingerprint density at radius 3 is 2.60 bits per heavy atom. The maximum absolute atomic E-state index is 12.2. The van der Waals surface area contributed by atoms with Crippen molar-refractivity contribution in [3.8, 4) is 0 Å². The van der Waals surface area contributed by atoms with Gasteiger partial charge >= 0.3 is 0 Å². The molecule has 1 aliphatic heterocycles. The Kier molecular flexibility index (Phi) is 3.96. The van der Waals surface area contributed by atoms with Crippen LogP contribution in [-0.4, -0.2) is 33.9 Å². The maximum Gasteiger partial charge on any atom is 0.216 e. The summed E-state index contributed by atoms with van der Waals surface area (Å²) < 4.78 is 49.9. The molecule has 1 aromatic rings. The zero-order chi connectivity index (χ0) is 15.0. The quantitative estimate of drug-likeness (QED) is 0.898. The molecule has 20 heavy (non-hydrogen) atoms. The van der Waals surface area contributed by atoms with Crippen LogP contribution in [0.4, 0.5) is 0 Å². The summed E-state index contributed by atoms with van der Waals surface area (Å²) in [6.45, 7) is 3.54. The topological polar surface area (TPSA) is 80.3 Å². The van der Waals surface area contributed by atoms with Crippen molar-refractivity contribution >= 4 is 19.9 Å². The number of benzene rings is 1. The molecular weight excluding hydrogens is 298 g/mol. The molecule has 7 heteroatoms. The lowest BCUT2D eigenvalue weighted by atomic mass is 10.0. The largest absolute Gasteiger partial charge is 0.229 e. The SMILES string of the molecule is Cc1cccc(CS(=O)(=O)NC2(C)CCS(=O)(=O)C2)c1. The Morgan fingerprint density at radius 1 is 1.35 bits per heavy atom. The monoisotopic (exact) mass is 317 g/mol. The first kappa shape index (κ1) is 15.5. The summed E-state index contributed by atoms with van der Waals surface area (Å²) in [5, 5.41) is 0. The van der Waals surface area contributed by atoms with Gasteiger partial charge in [-0.05, 0) is 25.8 Å². The lowest BCUT2D eigenvalue weighted by Crippen LogP contribution is -2.47. The van der Waals surface area contributed by atoms with Gasteiger partial charge in [-0.1, -0.05) is 29.8 Å². The minimum absolute atomic E-state index is 0.0382. The Labute approximate surface area is 120 Å². The summed E-state index contributed by atoms with van der Waals surface area (Å²) >= 11 is 0. The molecule has 0 saturated carbocycles. The van der Waals surface area contributed by atoms with Gasteiger partial charge in [0.1, 0.15) is 0 Å². The summed E-state index contributed by atoms with van der Waals surface area (Å²) in [5.41, 5.74) is 0.802. The Morgan fingerprint density at radius 2 is 2.05 bits per heavy atom. The summed E-state index contributed by atoms with van der Waals surface area (Å²) in [6.07, 6.45) is 0.322. The second kappa shape index (κ2) is 5.13. The first-order valence-corrected chi connectivity index (χ1v) is 9.84. The zero-order valence-corrected chi connectivity index (χ0v) is 13.2. The van der Waals surface area contributed by atoms with Crippen LogP contribution in [0.2, 0.25) is 0 Å². The van der Waals surface area contributed by atoms with Gasteiger partial charge < -0.3 is 0 Å². The molecule has 1 atom stereocenters. The highest BCUT2D eigenvalue weighted by Crippen LogP contribution is 2.24. The second-order valence-corrected chi connectivity index (χ2v) is 9.66. The van der Waals surface area contributed by atoms with Gasteiger partial charge in [0.05, 0.1) is 17.3 Å². The number of hydrogen-bond donors (Lipinski definition) is 1. The van der Waals surface area contributed by atoms with E-state index in [1.165, 1.54) is 0 Å². The van der Waals surface area contributed by atoms with E-state index in [0.29, 0.717) is 12.0 Å². The average Bonchev–Trinajstić information content (AvgIpc) is 2.50. The fraction of sp³-hybridized carbons (Fsp3) is 0.538. The third-order valence-corrected chi connectivity index (χ3v) is 6.76. The maximum atomic E-state index is 12.2. The van der Waals surface area contributed by atoms with Crippen molar-refractivity contribution in [3.63, 3.8) is 0 Å². The minimum atomic E-state index is -3.56. The highest BCUT2D eigenvalue weighted by molar-refractivity contribution is 7.92. The van der Waals surface area contributed by atoms with Crippen molar-refractivity contribution in [1.29, 1.82) is 0 Å². The predicted molar refractivity (Wildman–Crippen MR) is 78.6 cm³/mol. The number of sulfonamides is 1. The van der Waals surface area contributed by atoms with Crippen molar-refractivity contribution in [1.82, 2.24) is 4.72 Å². The minimum Gasteiger partial charge on any atom is -0.229 e. The van der Waals surface area contributed by atoms with Crippen molar-refractivity contribution < 1.29 is 16.8 Å². The van der Waals surface area contributed by atoms with Crippen molar-refractivity contribution in [2.24, 2.45) is 0 Å². The van der Waals surface area contributed by atoms with Gasteiger partial charge in [-0.15, -0.1) is 0 Å². The van der Waals surface area contributed by atoms with Crippen molar-refractivity contribution in [3.05, 3.63) is 35.4 Å². The lowest BCUT2D eigenvalue weighted by Gasteiger charge is -2.23. The van der Waals surface area contributed by atoms with Crippen LogP contribution in [0.1, 0.15) is 24.5 Å². The summed E-state index contributed by atoms with van der Waals surface area (Å²) in [7, 11) is -6.69. The number of nitrogens with one attached hydrogen (secondary N) is 1. The van der Waals surface area contributed by atoms with Gasteiger partial charge in [-0.2, -0.15) is 0 Å². The van der Waals surface area contributed by atoms with E-state index in [2.05, 4.69) is 4.72 Å². The number of rotatable bonds is 4. The Balaban J connectivity index is 2.12. The molecule has 0 radical (unpaired) electrons. The second-order valence-electron chi connectivity index (χ2n) is 5.75. The standard InChI is InChI=1S/C13H19NO4S2/c1-11-4-3-5-12(8-11)9-20(17,18)14-13(2)6-7-19(15,16)10-13/h3-5,8,14H,6-7,9-10H2,1-2H3. The van der Waals surface area contributed by atoms with Crippen LogP contribution in [0, 0.1) is 6.92 Å². The summed E-state index contributed by atoms with van der Waals surface area (Å²) in [5.74, 6) is -0.228.